The van der Waals surface area contributed by atoms with E-state index in [4.69, 9.17) is 14.4 Å². The Morgan fingerprint density at radius 2 is 1.34 bits per heavy atom. The molecule has 0 saturated carbocycles. The third kappa shape index (κ3) is 5.89. The molecule has 0 radical (unpaired) electrons. The molecule has 0 amide bonds. The van der Waals surface area contributed by atoms with Crippen LogP contribution in [0.15, 0.2) is 214 Å². The molecule has 1 N–H and O–H groups in total. The van der Waals surface area contributed by atoms with Gasteiger partial charge in [-0.25, -0.2) is 9.98 Å². The van der Waals surface area contributed by atoms with Gasteiger partial charge in [-0.15, -0.1) is 0 Å². The number of hydrogen-bond acceptors (Lipinski definition) is 4. The van der Waals surface area contributed by atoms with Gasteiger partial charge in [0.1, 0.15) is 23.0 Å². The van der Waals surface area contributed by atoms with Crippen LogP contribution < -0.4 is 5.32 Å². The number of furan rings is 1. The molecule has 12 rings (SSSR count). The van der Waals surface area contributed by atoms with Crippen molar-refractivity contribution in [3.63, 3.8) is 0 Å². The van der Waals surface area contributed by atoms with Crippen LogP contribution in [0.1, 0.15) is 65.2 Å². The fourth-order valence-corrected chi connectivity index (χ4v) is 10.7. The van der Waals surface area contributed by atoms with Crippen molar-refractivity contribution in [1.82, 2.24) is 5.32 Å². The standard InChI is InChI=1S/C58H45N3O/c1-5-17-40(18-6-1)55-59-56(41-19-7-2-8-20-41)61-57(60-55)47-27-16-30-52-54(47)48-37-42(35-36-51(48)62-52)38-31-33-39(34-32-38)45-26-15-29-50-53(45)46-25-13-14-28-49(46)58(50,43-21-9-3-10-22-43)44-23-11-4-12-24-44/h1,3-7,9-17,19-26,28-37,40,47,57H,2,8,18,27H2,(H,59,60,61). The lowest BCUT2D eigenvalue weighted by molar-refractivity contribution is 0.521. The molecule has 4 nitrogen and oxygen atoms in total. The second-order valence-corrected chi connectivity index (χ2v) is 17.0. The maximum Gasteiger partial charge on any atom is 0.151 e. The van der Waals surface area contributed by atoms with Gasteiger partial charge < -0.3 is 9.73 Å². The number of aliphatic imine (C=N–C) groups is 2. The zero-order valence-electron chi connectivity index (χ0n) is 34.4. The molecule has 298 valence electrons. The molecular weight excluding hydrogens is 755 g/mol. The Morgan fingerprint density at radius 1 is 0.597 bits per heavy atom. The van der Waals surface area contributed by atoms with Crippen molar-refractivity contribution in [2.24, 2.45) is 15.9 Å². The fourth-order valence-electron chi connectivity index (χ4n) is 10.7. The molecule has 3 unspecified atom stereocenters. The molecule has 1 aromatic heterocycles. The predicted molar refractivity (Wildman–Crippen MR) is 255 cm³/mol. The number of amidine groups is 2. The van der Waals surface area contributed by atoms with Gasteiger partial charge in [-0.3, -0.25) is 0 Å². The van der Waals surface area contributed by atoms with E-state index in [-0.39, 0.29) is 18.0 Å². The number of hydrogen-bond donors (Lipinski definition) is 1. The maximum absolute atomic E-state index is 6.58. The first-order chi connectivity index (χ1) is 30.7. The van der Waals surface area contributed by atoms with Gasteiger partial charge in [0.2, 0.25) is 0 Å². The Labute approximate surface area is 362 Å². The predicted octanol–water partition coefficient (Wildman–Crippen LogP) is 13.8. The number of rotatable bonds is 7. The van der Waals surface area contributed by atoms with Gasteiger partial charge in [0.15, 0.2) is 6.17 Å². The van der Waals surface area contributed by atoms with Crippen LogP contribution in [0.2, 0.25) is 0 Å². The molecule has 1 aliphatic heterocycles. The molecule has 0 fully saturated rings. The molecule has 6 aromatic carbocycles. The van der Waals surface area contributed by atoms with E-state index in [0.717, 1.165) is 65.2 Å². The largest absolute Gasteiger partial charge is 0.456 e. The first kappa shape index (κ1) is 36.5. The van der Waals surface area contributed by atoms with Gasteiger partial charge in [-0.2, -0.15) is 0 Å². The van der Waals surface area contributed by atoms with Crippen LogP contribution in [0.5, 0.6) is 0 Å². The molecule has 7 aromatic rings. The molecule has 4 heteroatoms. The second-order valence-electron chi connectivity index (χ2n) is 17.0. The maximum atomic E-state index is 6.58. The van der Waals surface area contributed by atoms with Crippen LogP contribution in [0.3, 0.4) is 0 Å². The van der Waals surface area contributed by atoms with E-state index < -0.39 is 5.41 Å². The Hall–Kier alpha value is -7.30. The lowest BCUT2D eigenvalue weighted by Crippen LogP contribution is -2.42. The Balaban J connectivity index is 0.929. The summed E-state index contributed by atoms with van der Waals surface area (Å²) in [6.07, 6.45) is 23.4. The van der Waals surface area contributed by atoms with E-state index in [1.54, 1.807) is 0 Å². The fraction of sp³-hybridized carbons (Fsp3) is 0.138. The third-order valence-electron chi connectivity index (χ3n) is 13.5. The summed E-state index contributed by atoms with van der Waals surface area (Å²) in [5.74, 6) is 3.05. The quantitative estimate of drug-likeness (QED) is 0.175. The van der Waals surface area contributed by atoms with E-state index in [2.05, 4.69) is 206 Å². The van der Waals surface area contributed by atoms with E-state index in [9.17, 15) is 0 Å². The van der Waals surface area contributed by atoms with Gasteiger partial charge in [0.05, 0.1) is 5.41 Å². The number of nitrogens with one attached hydrogen (secondary N) is 1. The van der Waals surface area contributed by atoms with Crippen molar-refractivity contribution in [2.45, 2.75) is 43.2 Å². The molecule has 3 atom stereocenters. The van der Waals surface area contributed by atoms with E-state index >= 15 is 0 Å². The van der Waals surface area contributed by atoms with Crippen LogP contribution >= 0.6 is 0 Å². The highest BCUT2D eigenvalue weighted by molar-refractivity contribution is 6.13. The van der Waals surface area contributed by atoms with Crippen LogP contribution in [0.25, 0.3) is 50.4 Å². The molecule has 5 aliphatic rings. The summed E-state index contributed by atoms with van der Waals surface area (Å²) in [4.78, 5) is 10.7. The molecule has 0 spiro atoms. The monoisotopic (exact) mass is 799 g/mol. The normalized spacial score (nSPS) is 20.5. The summed E-state index contributed by atoms with van der Waals surface area (Å²) in [5, 5.41) is 4.79. The zero-order valence-corrected chi connectivity index (χ0v) is 34.4. The first-order valence-corrected chi connectivity index (χ1v) is 22.1. The topological polar surface area (TPSA) is 49.9 Å². The minimum atomic E-state index is -0.432. The van der Waals surface area contributed by atoms with Crippen LogP contribution in [-0.2, 0) is 5.41 Å². The second kappa shape index (κ2) is 15.0. The minimum absolute atomic E-state index is 0.0409. The third-order valence-corrected chi connectivity index (χ3v) is 13.5. The smallest absolute Gasteiger partial charge is 0.151 e. The number of fused-ring (bicyclic) bond motifs is 6. The highest BCUT2D eigenvalue weighted by atomic mass is 16.3. The summed E-state index contributed by atoms with van der Waals surface area (Å²) in [5.41, 5.74) is 15.3. The van der Waals surface area contributed by atoms with Crippen molar-refractivity contribution in [2.75, 3.05) is 0 Å². The Kier molecular flexibility index (Phi) is 8.84. The summed E-state index contributed by atoms with van der Waals surface area (Å²) >= 11 is 0. The van der Waals surface area contributed by atoms with Gasteiger partial charge >= 0.3 is 0 Å². The number of benzene rings is 6. The van der Waals surface area contributed by atoms with Crippen molar-refractivity contribution in [3.05, 3.63) is 233 Å². The van der Waals surface area contributed by atoms with E-state index in [1.165, 1.54) is 55.6 Å². The van der Waals surface area contributed by atoms with Gasteiger partial charge in [0, 0.05) is 28.4 Å². The highest BCUT2D eigenvalue weighted by Gasteiger charge is 2.46. The van der Waals surface area contributed by atoms with Gasteiger partial charge in [-0.05, 0) is 99.5 Å². The summed E-state index contributed by atoms with van der Waals surface area (Å²) < 4.78 is 6.58. The summed E-state index contributed by atoms with van der Waals surface area (Å²) in [6.45, 7) is 0. The molecule has 62 heavy (non-hydrogen) atoms. The summed E-state index contributed by atoms with van der Waals surface area (Å²) in [6, 6.07) is 53.7. The van der Waals surface area contributed by atoms with E-state index in [1.807, 2.05) is 0 Å². The highest BCUT2D eigenvalue weighted by Crippen LogP contribution is 2.58. The number of nitrogens with zero attached hydrogens (tertiary/aromatic N) is 2. The average Bonchev–Trinajstić information content (AvgIpc) is 3.89. The Bertz CT molecular complexity index is 3060. The van der Waals surface area contributed by atoms with Crippen LogP contribution in [0, 0.1) is 5.92 Å². The lowest BCUT2D eigenvalue weighted by Gasteiger charge is -2.34. The lowest BCUT2D eigenvalue weighted by atomic mass is 9.67. The van der Waals surface area contributed by atoms with Crippen molar-refractivity contribution in [3.8, 4) is 33.4 Å². The SMILES string of the molecule is C1=CCC(C2=NC(C3CC=Cc4oc5ccc(-c6ccc(-c7cccc8c7-c7ccccc7C8(c7ccccc7)c7ccccc7)cc6)cc5c43)N=C(C3=CCCC=C3)N2)C=C1. The van der Waals surface area contributed by atoms with Crippen molar-refractivity contribution >= 4 is 28.7 Å². The molecule has 0 saturated heterocycles. The molecular formula is C58H45N3O. The molecule has 2 heterocycles. The number of allylic oxidation sites excluding steroid dienone is 6. The van der Waals surface area contributed by atoms with Crippen LogP contribution in [0.4, 0.5) is 0 Å². The van der Waals surface area contributed by atoms with Gasteiger partial charge in [-0.1, -0.05) is 182 Å². The van der Waals surface area contributed by atoms with Crippen molar-refractivity contribution < 1.29 is 4.42 Å². The molecule has 0 bridgehead atoms. The van der Waals surface area contributed by atoms with E-state index in [0.29, 0.717) is 0 Å². The zero-order chi connectivity index (χ0) is 41.0. The first-order valence-electron chi connectivity index (χ1n) is 22.1. The minimum Gasteiger partial charge on any atom is -0.456 e. The van der Waals surface area contributed by atoms with Crippen molar-refractivity contribution in [1.29, 1.82) is 0 Å². The Morgan fingerprint density at radius 3 is 2.11 bits per heavy atom. The summed E-state index contributed by atoms with van der Waals surface area (Å²) in [7, 11) is 0. The average molecular weight is 800 g/mol. The molecule has 4 aliphatic carbocycles. The van der Waals surface area contributed by atoms with Gasteiger partial charge in [0.25, 0.3) is 0 Å². The van der Waals surface area contributed by atoms with Crippen LogP contribution in [-0.4, -0.2) is 17.8 Å².